The van der Waals surface area contributed by atoms with E-state index in [0.717, 1.165) is 45.2 Å². The average molecular weight is 224 g/mol. The third kappa shape index (κ3) is 4.19. The lowest BCUT2D eigenvalue weighted by Crippen LogP contribution is -2.29. The Balaban J connectivity index is 2.08. The number of carboxylic acids is 1. The molecule has 2 N–H and O–H groups in total. The molecule has 0 heterocycles. The molecular formula is C12H20N2O2. The molecule has 2 atom stereocenters. The highest BCUT2D eigenvalue weighted by Gasteiger charge is 2.32. The molecule has 0 amide bonds. The third-order valence-electron chi connectivity index (χ3n) is 3.27. The Morgan fingerprint density at radius 2 is 2.25 bits per heavy atom. The Hall–Kier alpha value is -1.08. The van der Waals surface area contributed by atoms with Gasteiger partial charge in [-0.2, -0.15) is 5.26 Å². The van der Waals surface area contributed by atoms with Gasteiger partial charge in [-0.1, -0.05) is 6.42 Å². The molecule has 2 unspecified atom stereocenters. The van der Waals surface area contributed by atoms with Crippen LogP contribution >= 0.6 is 0 Å². The summed E-state index contributed by atoms with van der Waals surface area (Å²) in [5.74, 6) is -0.492. The van der Waals surface area contributed by atoms with Crippen LogP contribution in [0.1, 0.15) is 38.5 Å². The molecule has 16 heavy (non-hydrogen) atoms. The van der Waals surface area contributed by atoms with Crippen LogP contribution in [0, 0.1) is 23.2 Å². The van der Waals surface area contributed by atoms with E-state index in [1.807, 2.05) is 0 Å². The summed E-state index contributed by atoms with van der Waals surface area (Å²) < 4.78 is 0. The topological polar surface area (TPSA) is 73.1 Å². The summed E-state index contributed by atoms with van der Waals surface area (Å²) in [5.41, 5.74) is 0. The minimum Gasteiger partial charge on any atom is -0.481 e. The van der Waals surface area contributed by atoms with E-state index < -0.39 is 5.97 Å². The second-order valence-corrected chi connectivity index (χ2v) is 4.46. The minimum absolute atomic E-state index is 0.147. The Morgan fingerprint density at radius 3 is 2.94 bits per heavy atom. The predicted octanol–water partition coefficient (Wildman–Crippen LogP) is 1.77. The molecule has 0 saturated heterocycles. The van der Waals surface area contributed by atoms with Crippen LogP contribution < -0.4 is 5.32 Å². The maximum atomic E-state index is 10.9. The van der Waals surface area contributed by atoms with Crippen molar-refractivity contribution in [2.45, 2.75) is 38.5 Å². The number of rotatable bonds is 7. The molecule has 1 fully saturated rings. The summed E-state index contributed by atoms with van der Waals surface area (Å²) in [7, 11) is 0. The highest BCUT2D eigenvalue weighted by atomic mass is 16.4. The number of hydrogen-bond donors (Lipinski definition) is 2. The zero-order valence-electron chi connectivity index (χ0n) is 9.61. The summed E-state index contributed by atoms with van der Waals surface area (Å²) >= 11 is 0. The monoisotopic (exact) mass is 224 g/mol. The first kappa shape index (κ1) is 13.0. The van der Waals surface area contributed by atoms with Crippen LogP contribution in [0.5, 0.6) is 0 Å². The van der Waals surface area contributed by atoms with Crippen molar-refractivity contribution in [2.24, 2.45) is 11.8 Å². The molecule has 4 nitrogen and oxygen atoms in total. The molecule has 1 saturated carbocycles. The summed E-state index contributed by atoms with van der Waals surface area (Å²) in [6, 6.07) is 2.12. The zero-order valence-corrected chi connectivity index (χ0v) is 9.61. The standard InChI is InChI=1S/C12H20N2O2/c13-7-2-1-3-8-14-9-10-5-4-6-11(10)12(15)16/h10-11,14H,1-6,8-9H2,(H,15,16). The fourth-order valence-corrected chi connectivity index (χ4v) is 2.35. The van der Waals surface area contributed by atoms with Gasteiger partial charge < -0.3 is 10.4 Å². The highest BCUT2D eigenvalue weighted by molar-refractivity contribution is 5.70. The lowest BCUT2D eigenvalue weighted by atomic mass is 9.96. The normalized spacial score (nSPS) is 24.2. The van der Waals surface area contributed by atoms with E-state index in [4.69, 9.17) is 10.4 Å². The summed E-state index contributed by atoms with van der Waals surface area (Å²) in [6.45, 7) is 1.70. The van der Waals surface area contributed by atoms with Crippen LogP contribution in [0.15, 0.2) is 0 Å². The molecule has 1 rings (SSSR count). The van der Waals surface area contributed by atoms with Gasteiger partial charge in [-0.3, -0.25) is 4.79 Å². The fourth-order valence-electron chi connectivity index (χ4n) is 2.35. The van der Waals surface area contributed by atoms with Gasteiger partial charge in [-0.15, -0.1) is 0 Å². The van der Waals surface area contributed by atoms with Crippen LogP contribution in [-0.2, 0) is 4.79 Å². The van der Waals surface area contributed by atoms with Crippen molar-refractivity contribution < 1.29 is 9.90 Å². The lowest BCUT2D eigenvalue weighted by molar-refractivity contribution is -0.142. The van der Waals surface area contributed by atoms with Crippen LogP contribution in [0.2, 0.25) is 0 Å². The van der Waals surface area contributed by atoms with Gasteiger partial charge >= 0.3 is 5.97 Å². The third-order valence-corrected chi connectivity index (χ3v) is 3.27. The zero-order chi connectivity index (χ0) is 11.8. The average Bonchev–Trinajstić information content (AvgIpc) is 2.71. The van der Waals surface area contributed by atoms with Crippen molar-refractivity contribution in [3.8, 4) is 6.07 Å². The van der Waals surface area contributed by atoms with Crippen LogP contribution in [0.3, 0.4) is 0 Å². The molecule has 1 aliphatic rings. The summed E-state index contributed by atoms with van der Waals surface area (Å²) in [5, 5.41) is 20.6. The predicted molar refractivity (Wildman–Crippen MR) is 60.8 cm³/mol. The quantitative estimate of drug-likeness (QED) is 0.646. The number of carbonyl (C=O) groups is 1. The molecule has 1 aliphatic carbocycles. The first-order valence-electron chi connectivity index (χ1n) is 6.06. The first-order valence-corrected chi connectivity index (χ1v) is 6.06. The highest BCUT2D eigenvalue weighted by Crippen LogP contribution is 2.31. The molecule has 0 aromatic rings. The van der Waals surface area contributed by atoms with Crippen molar-refractivity contribution in [3.63, 3.8) is 0 Å². The molecular weight excluding hydrogens is 204 g/mol. The first-order chi connectivity index (χ1) is 7.75. The Morgan fingerprint density at radius 1 is 1.44 bits per heavy atom. The summed E-state index contributed by atoms with van der Waals surface area (Å²) in [4.78, 5) is 10.9. The number of nitrogens with one attached hydrogen (secondary N) is 1. The second-order valence-electron chi connectivity index (χ2n) is 4.46. The smallest absolute Gasteiger partial charge is 0.306 e. The summed E-state index contributed by atoms with van der Waals surface area (Å²) in [6.07, 6.45) is 5.44. The Labute approximate surface area is 96.6 Å². The van der Waals surface area contributed by atoms with Crippen molar-refractivity contribution >= 4 is 5.97 Å². The van der Waals surface area contributed by atoms with Crippen LogP contribution in [0.25, 0.3) is 0 Å². The number of hydrogen-bond acceptors (Lipinski definition) is 3. The molecule has 0 bridgehead atoms. The molecule has 4 heteroatoms. The van der Waals surface area contributed by atoms with E-state index in [9.17, 15) is 4.79 Å². The van der Waals surface area contributed by atoms with Gasteiger partial charge in [0.05, 0.1) is 12.0 Å². The van der Waals surface area contributed by atoms with Crippen molar-refractivity contribution in [3.05, 3.63) is 0 Å². The molecule has 0 aromatic heterocycles. The number of carboxylic acid groups (broad SMARTS) is 1. The van der Waals surface area contributed by atoms with Gasteiger partial charge in [0.1, 0.15) is 0 Å². The second kappa shape index (κ2) is 7.24. The molecule has 0 radical (unpaired) electrons. The Bertz CT molecular complexity index is 260. The van der Waals surface area contributed by atoms with E-state index in [1.165, 1.54) is 0 Å². The van der Waals surface area contributed by atoms with Crippen LogP contribution in [0.4, 0.5) is 0 Å². The largest absolute Gasteiger partial charge is 0.481 e. The van der Waals surface area contributed by atoms with E-state index in [0.29, 0.717) is 12.3 Å². The van der Waals surface area contributed by atoms with E-state index in [2.05, 4.69) is 11.4 Å². The van der Waals surface area contributed by atoms with E-state index >= 15 is 0 Å². The number of nitriles is 1. The minimum atomic E-state index is -0.645. The number of aliphatic carboxylic acids is 1. The van der Waals surface area contributed by atoms with Gasteiger partial charge in [-0.05, 0) is 44.7 Å². The van der Waals surface area contributed by atoms with Gasteiger partial charge in [0.2, 0.25) is 0 Å². The molecule has 0 spiro atoms. The molecule has 0 aliphatic heterocycles. The molecule has 90 valence electrons. The number of unbranched alkanes of at least 4 members (excludes halogenated alkanes) is 2. The maximum Gasteiger partial charge on any atom is 0.306 e. The van der Waals surface area contributed by atoms with Crippen molar-refractivity contribution in [1.29, 1.82) is 5.26 Å². The maximum absolute atomic E-state index is 10.9. The van der Waals surface area contributed by atoms with Gasteiger partial charge in [0, 0.05) is 6.42 Å². The van der Waals surface area contributed by atoms with Gasteiger partial charge in [-0.25, -0.2) is 0 Å². The van der Waals surface area contributed by atoms with Gasteiger partial charge in [0.15, 0.2) is 0 Å². The van der Waals surface area contributed by atoms with E-state index in [-0.39, 0.29) is 5.92 Å². The van der Waals surface area contributed by atoms with E-state index in [1.54, 1.807) is 0 Å². The fraction of sp³-hybridized carbons (Fsp3) is 0.833. The van der Waals surface area contributed by atoms with Crippen LogP contribution in [-0.4, -0.2) is 24.2 Å². The van der Waals surface area contributed by atoms with Crippen molar-refractivity contribution in [2.75, 3.05) is 13.1 Å². The van der Waals surface area contributed by atoms with Gasteiger partial charge in [0.25, 0.3) is 0 Å². The SMILES string of the molecule is N#CCCCCNCC1CCCC1C(=O)O. The Kier molecular flexibility index (Phi) is 5.87. The number of nitrogens with zero attached hydrogens (tertiary/aromatic N) is 1. The lowest BCUT2D eigenvalue weighted by Gasteiger charge is -2.16. The van der Waals surface area contributed by atoms with Crippen molar-refractivity contribution in [1.82, 2.24) is 5.32 Å². The molecule has 0 aromatic carbocycles.